The molecule has 3 rings (SSSR count). The Morgan fingerprint density at radius 2 is 2.00 bits per heavy atom. The predicted molar refractivity (Wildman–Crippen MR) is 103 cm³/mol. The Balaban J connectivity index is 1.45. The number of likely N-dealkylation sites (tertiary alicyclic amines) is 1. The fourth-order valence-electron chi connectivity index (χ4n) is 3.14. The minimum atomic E-state index is -0.328. The molecule has 0 bridgehead atoms. The number of hydrogen-bond donors (Lipinski definition) is 0. The second kappa shape index (κ2) is 9.55. The second-order valence-electron chi connectivity index (χ2n) is 6.43. The van der Waals surface area contributed by atoms with Gasteiger partial charge in [0.05, 0.1) is 6.42 Å². The Hall–Kier alpha value is -2.34. The lowest BCUT2D eigenvalue weighted by Gasteiger charge is -2.24. The summed E-state index contributed by atoms with van der Waals surface area (Å²) < 4.78 is 18.7. The van der Waals surface area contributed by atoms with Gasteiger partial charge in [0.1, 0.15) is 12.4 Å². The van der Waals surface area contributed by atoms with Crippen molar-refractivity contribution >= 4 is 23.6 Å². The highest BCUT2D eigenvalue weighted by molar-refractivity contribution is 7.99. The summed E-state index contributed by atoms with van der Waals surface area (Å²) in [6.07, 6.45) is 1.22. The summed E-state index contributed by atoms with van der Waals surface area (Å²) in [5.41, 5.74) is 0.725. The molecule has 1 unspecified atom stereocenters. The third-order valence-electron chi connectivity index (χ3n) is 4.46. The van der Waals surface area contributed by atoms with E-state index < -0.39 is 0 Å². The molecule has 0 saturated carbocycles. The van der Waals surface area contributed by atoms with E-state index in [-0.39, 0.29) is 30.2 Å². The number of carbonyl (C=O) groups excluding carboxylic acids is 2. The zero-order chi connectivity index (χ0) is 19.1. The van der Waals surface area contributed by atoms with Gasteiger partial charge in [-0.15, -0.1) is 11.8 Å². The van der Waals surface area contributed by atoms with Crippen LogP contribution in [0.5, 0.6) is 0 Å². The highest BCUT2D eigenvalue weighted by Crippen LogP contribution is 2.24. The lowest BCUT2D eigenvalue weighted by molar-refractivity contribution is -0.144. The predicted octanol–water partition coefficient (Wildman–Crippen LogP) is 4.04. The normalized spacial score (nSPS) is 16.6. The molecule has 0 aliphatic carbocycles. The van der Waals surface area contributed by atoms with E-state index in [4.69, 9.17) is 4.74 Å². The minimum absolute atomic E-state index is 0.00306. The summed E-state index contributed by atoms with van der Waals surface area (Å²) >= 11 is 1.63. The molecule has 1 atom stereocenters. The molecule has 142 valence electrons. The molecule has 2 aromatic carbocycles. The van der Waals surface area contributed by atoms with Crippen LogP contribution >= 0.6 is 11.8 Å². The van der Waals surface area contributed by atoms with E-state index in [1.54, 1.807) is 28.8 Å². The van der Waals surface area contributed by atoms with E-state index in [0.717, 1.165) is 10.5 Å². The first kappa shape index (κ1) is 19.4. The molecule has 2 aromatic rings. The van der Waals surface area contributed by atoms with Gasteiger partial charge < -0.3 is 9.64 Å². The zero-order valence-corrected chi connectivity index (χ0v) is 15.8. The maximum absolute atomic E-state index is 13.4. The third kappa shape index (κ3) is 5.82. The summed E-state index contributed by atoms with van der Waals surface area (Å²) in [7, 11) is 0. The van der Waals surface area contributed by atoms with Crippen molar-refractivity contribution in [1.82, 2.24) is 4.90 Å². The first-order valence-electron chi connectivity index (χ1n) is 8.99. The Kier molecular flexibility index (Phi) is 6.87. The van der Waals surface area contributed by atoms with Gasteiger partial charge in [-0.3, -0.25) is 9.59 Å². The number of carbonyl (C=O) groups is 2. The number of nitrogens with zero attached hydrogens (tertiary/aromatic N) is 1. The Morgan fingerprint density at radius 1 is 1.19 bits per heavy atom. The van der Waals surface area contributed by atoms with Gasteiger partial charge in [0.25, 0.3) is 0 Å². The van der Waals surface area contributed by atoms with Gasteiger partial charge >= 0.3 is 5.97 Å². The van der Waals surface area contributed by atoms with Crippen LogP contribution in [0.3, 0.4) is 0 Å². The lowest BCUT2D eigenvalue weighted by Crippen LogP contribution is -2.34. The topological polar surface area (TPSA) is 46.6 Å². The van der Waals surface area contributed by atoms with E-state index in [0.29, 0.717) is 31.7 Å². The monoisotopic (exact) mass is 387 g/mol. The molecule has 1 aliphatic heterocycles. The number of ether oxygens (including phenoxy) is 1. The summed E-state index contributed by atoms with van der Waals surface area (Å²) in [6, 6.07) is 15.9. The van der Waals surface area contributed by atoms with Gasteiger partial charge in [0.15, 0.2) is 0 Å². The first-order valence-corrected chi connectivity index (χ1v) is 9.98. The quantitative estimate of drug-likeness (QED) is 0.390. The number of rotatable bonds is 8. The van der Waals surface area contributed by atoms with E-state index in [2.05, 4.69) is 0 Å². The minimum Gasteiger partial charge on any atom is -0.465 e. The van der Waals surface area contributed by atoms with Crippen molar-refractivity contribution in [2.45, 2.75) is 36.7 Å². The van der Waals surface area contributed by atoms with E-state index in [9.17, 15) is 14.0 Å². The van der Waals surface area contributed by atoms with Gasteiger partial charge in [-0.25, -0.2) is 4.39 Å². The van der Waals surface area contributed by atoms with E-state index in [1.807, 2.05) is 30.3 Å². The number of halogens is 1. The molecule has 4 nitrogen and oxygen atoms in total. The maximum atomic E-state index is 13.4. The largest absolute Gasteiger partial charge is 0.465 e. The molecule has 1 aliphatic rings. The smallest absolute Gasteiger partial charge is 0.307 e. The molecule has 0 aromatic heterocycles. The number of benzene rings is 2. The molecule has 1 fully saturated rings. The van der Waals surface area contributed by atoms with Gasteiger partial charge in [-0.05, 0) is 36.2 Å². The number of amides is 1. The highest BCUT2D eigenvalue weighted by atomic mass is 32.2. The van der Waals surface area contributed by atoms with Crippen LogP contribution in [0.25, 0.3) is 0 Å². The second-order valence-corrected chi connectivity index (χ2v) is 7.60. The molecule has 0 radical (unpaired) electrons. The lowest BCUT2D eigenvalue weighted by atomic mass is 10.1. The molecular formula is C21H22FNO3S. The van der Waals surface area contributed by atoms with Crippen LogP contribution in [0.15, 0.2) is 59.5 Å². The van der Waals surface area contributed by atoms with Gasteiger partial charge in [-0.1, -0.05) is 30.3 Å². The number of thioether (sulfide) groups is 1. The van der Waals surface area contributed by atoms with Crippen molar-refractivity contribution < 1.29 is 18.7 Å². The van der Waals surface area contributed by atoms with Crippen LogP contribution in [0.4, 0.5) is 4.39 Å². The number of esters is 1. The fraction of sp³-hybridized carbons (Fsp3) is 0.333. The number of hydrogen-bond acceptors (Lipinski definition) is 4. The molecular weight excluding hydrogens is 365 g/mol. The van der Waals surface area contributed by atoms with Crippen LogP contribution in [0.1, 0.15) is 24.8 Å². The zero-order valence-electron chi connectivity index (χ0n) is 15.0. The van der Waals surface area contributed by atoms with Crippen molar-refractivity contribution in [1.29, 1.82) is 0 Å². The summed E-state index contributed by atoms with van der Waals surface area (Å²) in [5.74, 6) is 0.0575. The Labute approximate surface area is 162 Å². The molecule has 1 amide bonds. The Morgan fingerprint density at radius 3 is 2.78 bits per heavy atom. The molecule has 6 heteroatoms. The van der Waals surface area contributed by atoms with Crippen molar-refractivity contribution in [2.75, 3.05) is 12.4 Å². The Bertz CT molecular complexity index is 784. The van der Waals surface area contributed by atoms with Crippen LogP contribution in [0.2, 0.25) is 0 Å². The average Bonchev–Trinajstić information content (AvgIpc) is 2.99. The SMILES string of the molecule is O=C(CC1CCC(=O)N1Cc1cccc(F)c1)OCCSc1ccccc1. The van der Waals surface area contributed by atoms with E-state index >= 15 is 0 Å². The van der Waals surface area contributed by atoms with Crippen LogP contribution < -0.4 is 0 Å². The molecule has 1 saturated heterocycles. The summed E-state index contributed by atoms with van der Waals surface area (Å²) in [6.45, 7) is 0.654. The highest BCUT2D eigenvalue weighted by Gasteiger charge is 2.32. The van der Waals surface area contributed by atoms with Crippen LogP contribution in [0, 0.1) is 5.82 Å². The standard InChI is InChI=1S/C21H22FNO3S/c22-17-6-4-5-16(13-17)15-23-18(9-10-20(23)24)14-21(25)26-11-12-27-19-7-2-1-3-8-19/h1-8,13,18H,9-12,14-15H2. The van der Waals surface area contributed by atoms with Crippen molar-refractivity contribution in [3.8, 4) is 0 Å². The first-order chi connectivity index (χ1) is 13.1. The summed E-state index contributed by atoms with van der Waals surface area (Å²) in [4.78, 5) is 27.1. The third-order valence-corrected chi connectivity index (χ3v) is 5.43. The maximum Gasteiger partial charge on any atom is 0.307 e. The van der Waals surface area contributed by atoms with Gasteiger partial charge in [-0.2, -0.15) is 0 Å². The molecule has 1 heterocycles. The van der Waals surface area contributed by atoms with Crippen molar-refractivity contribution in [3.05, 3.63) is 66.0 Å². The van der Waals surface area contributed by atoms with Gasteiger partial charge in [0.2, 0.25) is 5.91 Å². The van der Waals surface area contributed by atoms with Crippen LogP contribution in [-0.4, -0.2) is 35.2 Å². The fourth-order valence-corrected chi connectivity index (χ4v) is 3.89. The molecule has 27 heavy (non-hydrogen) atoms. The average molecular weight is 387 g/mol. The van der Waals surface area contributed by atoms with Crippen molar-refractivity contribution in [2.24, 2.45) is 0 Å². The van der Waals surface area contributed by atoms with Gasteiger partial charge in [0, 0.05) is 29.7 Å². The molecule has 0 spiro atoms. The summed E-state index contributed by atoms with van der Waals surface area (Å²) in [5, 5.41) is 0. The van der Waals surface area contributed by atoms with Crippen LogP contribution in [-0.2, 0) is 20.9 Å². The molecule has 0 N–H and O–H groups in total. The van der Waals surface area contributed by atoms with Crippen molar-refractivity contribution in [3.63, 3.8) is 0 Å². The van der Waals surface area contributed by atoms with E-state index in [1.165, 1.54) is 12.1 Å².